The summed E-state index contributed by atoms with van der Waals surface area (Å²) in [6.07, 6.45) is 16.5. The van der Waals surface area contributed by atoms with Crippen LogP contribution in [-0.2, 0) is 0 Å². The van der Waals surface area contributed by atoms with Crippen LogP contribution in [0.15, 0.2) is 18.2 Å². The highest BCUT2D eigenvalue weighted by atomic mass is 13.9. The third-order valence-corrected chi connectivity index (χ3v) is 2.13. The fraction of sp³-hybridized carbons (Fsp3) is 0.692. The van der Waals surface area contributed by atoms with Crippen LogP contribution < -0.4 is 0 Å². The van der Waals surface area contributed by atoms with Crippen LogP contribution in [0, 0.1) is 6.58 Å². The molecule has 0 amide bonds. The van der Waals surface area contributed by atoms with Gasteiger partial charge in [-0.2, -0.15) is 0 Å². The zero-order chi connectivity index (χ0) is 9.78. The predicted octanol–water partition coefficient (Wildman–Crippen LogP) is 4.67. The van der Waals surface area contributed by atoms with Crippen molar-refractivity contribution in [2.75, 3.05) is 0 Å². The van der Waals surface area contributed by atoms with Gasteiger partial charge >= 0.3 is 0 Å². The zero-order valence-corrected chi connectivity index (χ0v) is 8.97. The molecule has 1 radical (unpaired) electrons. The van der Waals surface area contributed by atoms with E-state index in [1.807, 2.05) is 0 Å². The summed E-state index contributed by atoms with van der Waals surface area (Å²) in [5.74, 6) is 0. The van der Waals surface area contributed by atoms with Crippen molar-refractivity contribution in [1.29, 1.82) is 0 Å². The van der Waals surface area contributed by atoms with Crippen molar-refractivity contribution in [1.82, 2.24) is 0 Å². The van der Waals surface area contributed by atoms with E-state index in [0.717, 1.165) is 6.42 Å². The first-order chi connectivity index (χ1) is 6.41. The maximum absolute atomic E-state index is 5.28. The first-order valence-corrected chi connectivity index (χ1v) is 5.60. The fourth-order valence-electron chi connectivity index (χ4n) is 1.27. The van der Waals surface area contributed by atoms with E-state index in [4.69, 9.17) is 6.58 Å². The zero-order valence-electron chi connectivity index (χ0n) is 8.97. The molecule has 13 heavy (non-hydrogen) atoms. The number of rotatable bonds is 9. The van der Waals surface area contributed by atoms with Gasteiger partial charge in [-0.3, -0.25) is 0 Å². The molecule has 0 fully saturated rings. The Morgan fingerprint density at radius 1 is 0.846 bits per heavy atom. The molecule has 0 aromatic heterocycles. The van der Waals surface area contributed by atoms with Gasteiger partial charge in [-0.1, -0.05) is 44.6 Å². The fourth-order valence-corrected chi connectivity index (χ4v) is 1.27. The summed E-state index contributed by atoms with van der Waals surface area (Å²) in [5.41, 5.74) is 0. The topological polar surface area (TPSA) is 0 Å². The minimum Gasteiger partial charge on any atom is -0.0885 e. The summed E-state index contributed by atoms with van der Waals surface area (Å²) in [5, 5.41) is 0. The third kappa shape index (κ3) is 11.5. The molecule has 0 heteroatoms. The molecular formula is C13H23. The summed E-state index contributed by atoms with van der Waals surface area (Å²) >= 11 is 0. The molecule has 0 nitrogen and oxygen atoms in total. The molecular weight excluding hydrogens is 156 g/mol. The van der Waals surface area contributed by atoms with Gasteiger partial charge < -0.3 is 0 Å². The van der Waals surface area contributed by atoms with Crippen LogP contribution >= 0.6 is 0 Å². The van der Waals surface area contributed by atoms with Gasteiger partial charge in [-0.25, -0.2) is 0 Å². The largest absolute Gasteiger partial charge is 0.0885 e. The molecule has 0 aromatic carbocycles. The second kappa shape index (κ2) is 11.5. The predicted molar refractivity (Wildman–Crippen MR) is 60.6 cm³/mol. The Balaban J connectivity index is 2.98. The summed E-state index contributed by atoms with van der Waals surface area (Å²) in [6, 6.07) is 0. The molecule has 0 unspecified atom stereocenters. The van der Waals surface area contributed by atoms with E-state index in [1.54, 1.807) is 6.08 Å². The Hall–Kier alpha value is -0.520. The molecule has 0 N–H and O–H groups in total. The van der Waals surface area contributed by atoms with E-state index in [-0.39, 0.29) is 0 Å². The molecule has 0 bridgehead atoms. The average Bonchev–Trinajstić information content (AvgIpc) is 2.16. The van der Waals surface area contributed by atoms with Crippen LogP contribution in [0.5, 0.6) is 0 Å². The first-order valence-electron chi connectivity index (χ1n) is 5.60. The molecule has 0 rings (SSSR count). The van der Waals surface area contributed by atoms with Crippen molar-refractivity contribution in [3.63, 3.8) is 0 Å². The van der Waals surface area contributed by atoms with Crippen molar-refractivity contribution in [3.8, 4) is 0 Å². The monoisotopic (exact) mass is 179 g/mol. The summed E-state index contributed by atoms with van der Waals surface area (Å²) in [7, 11) is 0. The Bertz CT molecular complexity index is 122. The number of allylic oxidation sites excluding steroid dienone is 3. The highest BCUT2D eigenvalue weighted by Gasteiger charge is 1.83. The number of hydrogen-bond donors (Lipinski definition) is 0. The lowest BCUT2D eigenvalue weighted by Crippen LogP contribution is -1.73. The van der Waals surface area contributed by atoms with Crippen LogP contribution in [0.3, 0.4) is 0 Å². The number of hydrogen-bond acceptors (Lipinski definition) is 0. The summed E-state index contributed by atoms with van der Waals surface area (Å²) in [4.78, 5) is 0. The lowest BCUT2D eigenvalue weighted by atomic mass is 10.1. The van der Waals surface area contributed by atoms with Gasteiger partial charge in [0.05, 0.1) is 0 Å². The molecule has 0 saturated carbocycles. The highest BCUT2D eigenvalue weighted by molar-refractivity contribution is 4.81. The van der Waals surface area contributed by atoms with Gasteiger partial charge in [0.15, 0.2) is 0 Å². The van der Waals surface area contributed by atoms with Crippen LogP contribution in [0.25, 0.3) is 0 Å². The van der Waals surface area contributed by atoms with Gasteiger partial charge in [-0.15, -0.1) is 0 Å². The standard InChI is InChI=1S/C13H23/c1-3-5-7-9-11-13-12-10-8-6-4-2/h1,3,12-13H,4-11H2,2H3. The van der Waals surface area contributed by atoms with E-state index in [1.165, 1.54) is 44.9 Å². The third-order valence-electron chi connectivity index (χ3n) is 2.13. The van der Waals surface area contributed by atoms with E-state index in [0.29, 0.717) is 0 Å². The Kier molecular flexibility index (Phi) is 11.0. The molecule has 0 aliphatic rings. The van der Waals surface area contributed by atoms with Crippen LogP contribution in [0.4, 0.5) is 0 Å². The quantitative estimate of drug-likeness (QED) is 0.356. The maximum atomic E-state index is 5.28. The molecule has 75 valence electrons. The van der Waals surface area contributed by atoms with Crippen molar-refractivity contribution in [2.24, 2.45) is 0 Å². The van der Waals surface area contributed by atoms with Crippen LogP contribution in [0.2, 0.25) is 0 Å². The first kappa shape index (κ1) is 12.5. The highest BCUT2D eigenvalue weighted by Crippen LogP contribution is 2.03. The van der Waals surface area contributed by atoms with E-state index in [2.05, 4.69) is 19.1 Å². The second-order valence-electron chi connectivity index (χ2n) is 3.49. The van der Waals surface area contributed by atoms with Gasteiger partial charge in [0, 0.05) is 0 Å². The molecule has 0 atom stereocenters. The second-order valence-corrected chi connectivity index (χ2v) is 3.49. The SMILES string of the molecule is [CH]=CCCCCC=CCCCCC. The van der Waals surface area contributed by atoms with E-state index < -0.39 is 0 Å². The van der Waals surface area contributed by atoms with Crippen molar-refractivity contribution in [3.05, 3.63) is 24.8 Å². The van der Waals surface area contributed by atoms with Gasteiger partial charge in [-0.05, 0) is 38.5 Å². The molecule has 0 spiro atoms. The normalized spacial score (nSPS) is 10.8. The van der Waals surface area contributed by atoms with Crippen molar-refractivity contribution in [2.45, 2.75) is 58.3 Å². The van der Waals surface area contributed by atoms with Gasteiger partial charge in [0.1, 0.15) is 0 Å². The molecule has 0 aromatic rings. The van der Waals surface area contributed by atoms with Crippen LogP contribution in [-0.4, -0.2) is 0 Å². The Labute approximate surface area is 83.7 Å². The average molecular weight is 179 g/mol. The smallest absolute Gasteiger partial charge is 0.0347 e. The summed E-state index contributed by atoms with van der Waals surface area (Å²) in [6.45, 7) is 7.52. The summed E-state index contributed by atoms with van der Waals surface area (Å²) < 4.78 is 0. The lowest BCUT2D eigenvalue weighted by molar-refractivity contribution is 0.723. The Morgan fingerprint density at radius 2 is 1.38 bits per heavy atom. The Morgan fingerprint density at radius 3 is 1.92 bits per heavy atom. The molecule has 0 aliphatic carbocycles. The minimum atomic E-state index is 1.06. The maximum Gasteiger partial charge on any atom is -0.0347 e. The molecule has 0 aliphatic heterocycles. The van der Waals surface area contributed by atoms with Crippen molar-refractivity contribution < 1.29 is 0 Å². The van der Waals surface area contributed by atoms with E-state index >= 15 is 0 Å². The van der Waals surface area contributed by atoms with Crippen LogP contribution in [0.1, 0.15) is 58.3 Å². The molecule has 0 saturated heterocycles. The molecule has 0 heterocycles. The lowest BCUT2D eigenvalue weighted by Gasteiger charge is -1.93. The van der Waals surface area contributed by atoms with E-state index in [9.17, 15) is 0 Å². The van der Waals surface area contributed by atoms with Gasteiger partial charge in [0.2, 0.25) is 0 Å². The number of unbranched alkanes of at least 4 members (excludes halogenated alkanes) is 6. The van der Waals surface area contributed by atoms with Gasteiger partial charge in [0.25, 0.3) is 0 Å². The minimum absolute atomic E-state index is 1.06. The van der Waals surface area contributed by atoms with Crippen molar-refractivity contribution >= 4 is 0 Å².